The molecule has 0 bridgehead atoms. The van der Waals surface area contributed by atoms with Gasteiger partial charge in [0.2, 0.25) is 0 Å². The Morgan fingerprint density at radius 1 is 0.774 bits per heavy atom. The van der Waals surface area contributed by atoms with Gasteiger partial charge in [-0.05, 0) is 104 Å². The number of hydrogen-bond donors (Lipinski definition) is 3. The number of amides is 2. The van der Waals surface area contributed by atoms with Crippen LogP contribution in [0.4, 0.5) is 11.4 Å². The Balaban J connectivity index is 0.971. The number of pyridine rings is 2. The van der Waals surface area contributed by atoms with Crippen LogP contribution in [0.5, 0.6) is 0 Å². The third-order valence-electron chi connectivity index (χ3n) is 11.3. The van der Waals surface area contributed by atoms with Crippen LogP contribution in [0.3, 0.4) is 0 Å². The van der Waals surface area contributed by atoms with Gasteiger partial charge in [0, 0.05) is 49.2 Å². The molecule has 12 heteroatoms. The van der Waals surface area contributed by atoms with Gasteiger partial charge in [-0.1, -0.05) is 60.3 Å². The lowest BCUT2D eigenvalue weighted by molar-refractivity contribution is -0.144. The van der Waals surface area contributed by atoms with E-state index in [4.69, 9.17) is 23.2 Å². The lowest BCUT2D eigenvalue weighted by atomic mass is 9.89. The summed E-state index contributed by atoms with van der Waals surface area (Å²) in [4.78, 5) is 52.4. The fourth-order valence-electron chi connectivity index (χ4n) is 7.90. The lowest BCUT2D eigenvalue weighted by Crippen LogP contribution is -2.44. The molecule has 274 valence electrons. The predicted octanol–water partition coefficient (Wildman–Crippen LogP) is 8.18. The highest BCUT2D eigenvalue weighted by molar-refractivity contribution is 6.40. The third-order valence-corrected chi connectivity index (χ3v) is 12.1. The summed E-state index contributed by atoms with van der Waals surface area (Å²) >= 11 is 13.8. The van der Waals surface area contributed by atoms with E-state index in [2.05, 4.69) is 25.5 Å². The molecule has 4 heterocycles. The minimum Gasteiger partial charge on any atom is -0.480 e. The van der Waals surface area contributed by atoms with Gasteiger partial charge >= 0.3 is 5.97 Å². The molecule has 0 spiro atoms. The van der Waals surface area contributed by atoms with Gasteiger partial charge in [-0.15, -0.1) is 0 Å². The van der Waals surface area contributed by atoms with Crippen molar-refractivity contribution in [1.82, 2.24) is 19.8 Å². The zero-order valence-corrected chi connectivity index (χ0v) is 30.9. The molecule has 0 radical (unpaired) electrons. The maximum Gasteiger partial charge on any atom is 0.320 e. The molecule has 2 aliphatic carbocycles. The standard InChI is InChI=1S/C41H42Cl2N6O4/c42-37-29(8-4-10-32(37)46-39(50)34-18-25-15-17-48(28-6-3-7-28)22-26(25)20-44-34)30-9-5-11-33(38(30)43)47-40(51)35-19-31(24-13-14-24)27(21-45-35)23-49-16-2-1-12-36(49)41(52)53/h4-5,8-11,18-21,24,28,36H,1-3,6-7,12-17,22-23H2,(H,46,50)(H,47,51)(H,52,53). The number of piperidine rings is 1. The number of halogens is 2. The van der Waals surface area contributed by atoms with E-state index in [0.717, 1.165) is 68.4 Å². The van der Waals surface area contributed by atoms with Gasteiger partial charge in [-0.2, -0.15) is 0 Å². The predicted molar refractivity (Wildman–Crippen MR) is 206 cm³/mol. The number of likely N-dealkylation sites (tertiary alicyclic amines) is 1. The first-order chi connectivity index (χ1) is 25.7. The molecule has 1 unspecified atom stereocenters. The number of carbonyl (C=O) groups excluding carboxylic acids is 2. The van der Waals surface area contributed by atoms with Crippen molar-refractivity contribution in [1.29, 1.82) is 0 Å². The van der Waals surface area contributed by atoms with Crippen LogP contribution in [0.15, 0.2) is 60.9 Å². The van der Waals surface area contributed by atoms with Gasteiger partial charge in [-0.3, -0.25) is 34.2 Å². The number of benzene rings is 2. The number of aromatic nitrogens is 2. The van der Waals surface area contributed by atoms with Crippen LogP contribution in [-0.2, 0) is 24.3 Å². The molecule has 3 fully saturated rings. The first kappa shape index (κ1) is 35.7. The molecule has 1 saturated heterocycles. The molecule has 2 amide bonds. The second-order valence-electron chi connectivity index (χ2n) is 14.7. The highest BCUT2D eigenvalue weighted by Gasteiger charge is 2.33. The average molecular weight is 754 g/mol. The van der Waals surface area contributed by atoms with Gasteiger partial charge in [0.05, 0.1) is 21.4 Å². The van der Waals surface area contributed by atoms with Crippen molar-refractivity contribution in [3.05, 3.63) is 105 Å². The molecule has 1 atom stereocenters. The van der Waals surface area contributed by atoms with Gasteiger partial charge < -0.3 is 15.7 Å². The van der Waals surface area contributed by atoms with E-state index in [0.29, 0.717) is 63.2 Å². The Kier molecular flexibility index (Phi) is 10.2. The SMILES string of the molecule is O=C(Nc1cccc(-c2cccc(NC(=O)c3cc(C4CC4)c(CN4CCCCC4C(=O)O)cn3)c2Cl)c1Cl)c1cc2c(cn1)CN(C1CCC1)CC2. The largest absolute Gasteiger partial charge is 0.480 e. The summed E-state index contributed by atoms with van der Waals surface area (Å²) in [7, 11) is 0. The molecular weight excluding hydrogens is 711 g/mol. The number of rotatable bonds is 10. The van der Waals surface area contributed by atoms with E-state index in [9.17, 15) is 19.5 Å². The molecule has 2 aromatic carbocycles. The Labute approximate surface area is 318 Å². The Hall–Kier alpha value is -4.35. The average Bonchev–Trinajstić information content (AvgIpc) is 3.99. The van der Waals surface area contributed by atoms with Gasteiger partial charge in [0.15, 0.2) is 0 Å². The Morgan fingerprint density at radius 3 is 2.06 bits per heavy atom. The van der Waals surface area contributed by atoms with Crippen molar-refractivity contribution in [2.24, 2.45) is 0 Å². The smallest absolute Gasteiger partial charge is 0.320 e. The van der Waals surface area contributed by atoms with Crippen molar-refractivity contribution >= 4 is 52.4 Å². The molecule has 4 aromatic rings. The van der Waals surface area contributed by atoms with Crippen LogP contribution in [0, 0.1) is 0 Å². The van der Waals surface area contributed by atoms with E-state index in [1.807, 2.05) is 35.4 Å². The molecule has 2 aliphatic heterocycles. The minimum absolute atomic E-state index is 0.264. The van der Waals surface area contributed by atoms with Crippen molar-refractivity contribution in [2.45, 2.75) is 88.9 Å². The molecule has 8 rings (SSSR count). The summed E-state index contributed by atoms with van der Waals surface area (Å²) in [6.45, 7) is 3.09. The second kappa shape index (κ2) is 15.2. The Bertz CT molecular complexity index is 2080. The van der Waals surface area contributed by atoms with Crippen LogP contribution in [-0.4, -0.2) is 67.8 Å². The molecule has 4 aliphatic rings. The number of nitrogens with one attached hydrogen (secondary N) is 2. The van der Waals surface area contributed by atoms with Crippen molar-refractivity contribution in [3.63, 3.8) is 0 Å². The molecule has 10 nitrogen and oxygen atoms in total. The van der Waals surface area contributed by atoms with E-state index in [1.54, 1.807) is 30.5 Å². The summed E-state index contributed by atoms with van der Waals surface area (Å²) < 4.78 is 0. The maximum absolute atomic E-state index is 13.6. The molecule has 3 N–H and O–H groups in total. The summed E-state index contributed by atoms with van der Waals surface area (Å²) in [6.07, 6.45) is 12.8. The van der Waals surface area contributed by atoms with Crippen LogP contribution in [0.1, 0.15) is 101 Å². The van der Waals surface area contributed by atoms with Gasteiger partial charge in [-0.25, -0.2) is 0 Å². The maximum atomic E-state index is 13.6. The molecule has 53 heavy (non-hydrogen) atoms. The second-order valence-corrected chi connectivity index (χ2v) is 15.5. The fourth-order valence-corrected chi connectivity index (χ4v) is 8.45. The van der Waals surface area contributed by atoms with Crippen molar-refractivity contribution < 1.29 is 19.5 Å². The third kappa shape index (κ3) is 7.55. The Morgan fingerprint density at radius 2 is 1.43 bits per heavy atom. The number of nitrogens with zero attached hydrogens (tertiary/aromatic N) is 4. The lowest BCUT2D eigenvalue weighted by Gasteiger charge is -2.40. The fraction of sp³-hybridized carbons (Fsp3) is 0.390. The molecular formula is C41H42Cl2N6O4. The van der Waals surface area contributed by atoms with Gasteiger partial charge in [0.25, 0.3) is 11.8 Å². The number of fused-ring (bicyclic) bond motifs is 1. The summed E-state index contributed by atoms with van der Waals surface area (Å²) in [5.74, 6) is -1.21. The van der Waals surface area contributed by atoms with Crippen LogP contribution >= 0.6 is 23.2 Å². The first-order valence-corrected chi connectivity index (χ1v) is 19.4. The van der Waals surface area contributed by atoms with Gasteiger partial charge in [0.1, 0.15) is 17.4 Å². The minimum atomic E-state index is -0.795. The first-order valence-electron chi connectivity index (χ1n) is 18.6. The van der Waals surface area contributed by atoms with E-state index < -0.39 is 17.9 Å². The highest BCUT2D eigenvalue weighted by atomic mass is 35.5. The number of carboxylic acid groups (broad SMARTS) is 1. The molecule has 2 saturated carbocycles. The van der Waals surface area contributed by atoms with E-state index in [1.165, 1.54) is 24.8 Å². The quantitative estimate of drug-likeness (QED) is 0.148. The van der Waals surface area contributed by atoms with Crippen LogP contribution in [0.2, 0.25) is 10.0 Å². The monoisotopic (exact) mass is 752 g/mol. The zero-order valence-electron chi connectivity index (χ0n) is 29.4. The van der Waals surface area contributed by atoms with Crippen molar-refractivity contribution in [2.75, 3.05) is 23.7 Å². The number of hydrogen-bond acceptors (Lipinski definition) is 7. The number of aliphatic carboxylic acids is 1. The number of carbonyl (C=O) groups is 3. The topological polar surface area (TPSA) is 128 Å². The van der Waals surface area contributed by atoms with E-state index in [-0.39, 0.29) is 11.6 Å². The highest BCUT2D eigenvalue weighted by Crippen LogP contribution is 2.43. The summed E-state index contributed by atoms with van der Waals surface area (Å²) in [6, 6.07) is 14.6. The van der Waals surface area contributed by atoms with Crippen LogP contribution in [0.25, 0.3) is 11.1 Å². The number of anilines is 2. The normalized spacial score (nSPS) is 19.2. The van der Waals surface area contributed by atoms with Crippen molar-refractivity contribution in [3.8, 4) is 11.1 Å². The zero-order chi connectivity index (χ0) is 36.6. The summed E-state index contributed by atoms with van der Waals surface area (Å²) in [5, 5.41) is 16.2. The summed E-state index contributed by atoms with van der Waals surface area (Å²) in [5.41, 5.74) is 6.96. The molecule has 2 aromatic heterocycles. The van der Waals surface area contributed by atoms with E-state index >= 15 is 0 Å². The number of carboxylic acids is 1. The van der Waals surface area contributed by atoms with Crippen LogP contribution < -0.4 is 10.6 Å².